The van der Waals surface area contributed by atoms with Gasteiger partial charge in [0.05, 0.1) is 0 Å². The van der Waals surface area contributed by atoms with Gasteiger partial charge in [0.15, 0.2) is 0 Å². The summed E-state index contributed by atoms with van der Waals surface area (Å²) in [5.41, 5.74) is 1.93. The summed E-state index contributed by atoms with van der Waals surface area (Å²) in [6.07, 6.45) is 3.42. The molecule has 1 unspecified atom stereocenters. The molecule has 0 bridgehead atoms. The van der Waals surface area contributed by atoms with Crippen molar-refractivity contribution in [2.24, 2.45) is 4.99 Å². The second-order valence-electron chi connectivity index (χ2n) is 3.58. The van der Waals surface area contributed by atoms with Crippen LogP contribution in [0.4, 0.5) is 0 Å². The largest absolute Gasteiger partial charge is 0.480 e. The number of fused-ring (bicyclic) bond motifs is 1. The first kappa shape index (κ1) is 10.4. The fourth-order valence-electron chi connectivity index (χ4n) is 1.46. The smallest absolute Gasteiger partial charge is 0.328 e. The highest BCUT2D eigenvalue weighted by Crippen LogP contribution is 2.15. The van der Waals surface area contributed by atoms with Crippen molar-refractivity contribution in [2.75, 3.05) is 0 Å². The number of hydrogen-bond acceptors (Lipinski definition) is 2. The molecule has 1 aromatic carbocycles. The fourth-order valence-corrected chi connectivity index (χ4v) is 1.46. The Hall–Kier alpha value is -2.10. The summed E-state index contributed by atoms with van der Waals surface area (Å²) >= 11 is 0. The lowest BCUT2D eigenvalue weighted by atomic mass is 10.2. The maximum atomic E-state index is 10.6. The highest BCUT2D eigenvalue weighted by molar-refractivity contribution is 5.99. The van der Waals surface area contributed by atoms with Crippen LogP contribution in [-0.4, -0.2) is 28.3 Å². The molecule has 0 spiro atoms. The van der Waals surface area contributed by atoms with Gasteiger partial charge in [-0.2, -0.15) is 0 Å². The summed E-state index contributed by atoms with van der Waals surface area (Å²) in [4.78, 5) is 17.7. The number of carbonyl (C=O) groups is 1. The van der Waals surface area contributed by atoms with E-state index >= 15 is 0 Å². The first-order valence-electron chi connectivity index (χ1n) is 5.00. The molecule has 1 aromatic heterocycles. The molecule has 1 heterocycles. The minimum Gasteiger partial charge on any atom is -0.480 e. The van der Waals surface area contributed by atoms with E-state index < -0.39 is 12.0 Å². The molecule has 2 rings (SSSR count). The number of aliphatic carboxylic acids is 1. The van der Waals surface area contributed by atoms with E-state index in [0.717, 1.165) is 16.5 Å². The number of aliphatic imine (C=N–C) groups is 1. The molecule has 0 aliphatic rings. The van der Waals surface area contributed by atoms with Crippen LogP contribution in [0.1, 0.15) is 12.5 Å². The number of nitrogens with one attached hydrogen (secondary N) is 1. The van der Waals surface area contributed by atoms with Crippen LogP contribution >= 0.6 is 0 Å². The molecule has 2 aromatic rings. The standard InChI is InChI=1S/C12H12N2O2/c1-8(12(15)16)13-6-9-7-14-11-5-3-2-4-10(9)11/h2-8,14H,1H3,(H,15,16). The average molecular weight is 216 g/mol. The van der Waals surface area contributed by atoms with Gasteiger partial charge in [-0.05, 0) is 13.0 Å². The summed E-state index contributed by atoms with van der Waals surface area (Å²) in [5, 5.41) is 9.75. The fraction of sp³-hybridized carbons (Fsp3) is 0.167. The third-order valence-electron chi connectivity index (χ3n) is 2.42. The van der Waals surface area contributed by atoms with Gasteiger partial charge >= 0.3 is 5.97 Å². The van der Waals surface area contributed by atoms with Gasteiger partial charge in [-0.25, -0.2) is 4.79 Å². The Morgan fingerprint density at radius 1 is 1.50 bits per heavy atom. The van der Waals surface area contributed by atoms with Gasteiger partial charge in [-0.1, -0.05) is 18.2 Å². The number of benzene rings is 1. The van der Waals surface area contributed by atoms with Crippen LogP contribution in [0.15, 0.2) is 35.5 Å². The Morgan fingerprint density at radius 3 is 3.00 bits per heavy atom. The molecule has 0 amide bonds. The zero-order valence-corrected chi connectivity index (χ0v) is 8.84. The lowest BCUT2D eigenvalue weighted by Gasteiger charge is -1.97. The van der Waals surface area contributed by atoms with Gasteiger partial charge in [-0.3, -0.25) is 4.99 Å². The Kier molecular flexibility index (Phi) is 2.72. The maximum absolute atomic E-state index is 10.6. The summed E-state index contributed by atoms with van der Waals surface area (Å²) in [7, 11) is 0. The number of rotatable bonds is 3. The van der Waals surface area contributed by atoms with Crippen LogP contribution in [0.2, 0.25) is 0 Å². The first-order valence-corrected chi connectivity index (χ1v) is 5.00. The monoisotopic (exact) mass is 216 g/mol. The Labute approximate surface area is 92.6 Å². The second-order valence-corrected chi connectivity index (χ2v) is 3.58. The van der Waals surface area contributed by atoms with Gasteiger partial charge in [0.25, 0.3) is 0 Å². The molecule has 16 heavy (non-hydrogen) atoms. The van der Waals surface area contributed by atoms with Gasteiger partial charge in [0.1, 0.15) is 6.04 Å². The number of hydrogen-bond donors (Lipinski definition) is 2. The van der Waals surface area contributed by atoms with Crippen LogP contribution in [0.5, 0.6) is 0 Å². The van der Waals surface area contributed by atoms with Crippen molar-refractivity contribution in [3.8, 4) is 0 Å². The Morgan fingerprint density at radius 2 is 2.25 bits per heavy atom. The maximum Gasteiger partial charge on any atom is 0.328 e. The molecule has 0 radical (unpaired) electrons. The van der Waals surface area contributed by atoms with E-state index in [1.807, 2.05) is 30.5 Å². The van der Waals surface area contributed by atoms with E-state index in [1.54, 1.807) is 13.1 Å². The lowest BCUT2D eigenvalue weighted by molar-refractivity contribution is -0.137. The van der Waals surface area contributed by atoms with Gasteiger partial charge in [-0.15, -0.1) is 0 Å². The molecular weight excluding hydrogens is 204 g/mol. The molecule has 0 aliphatic carbocycles. The number of carboxylic acids is 1. The van der Waals surface area contributed by atoms with Gasteiger partial charge in [0, 0.05) is 28.9 Å². The summed E-state index contributed by atoms with van der Waals surface area (Å²) in [6.45, 7) is 1.55. The molecule has 1 atom stereocenters. The molecule has 82 valence electrons. The van der Waals surface area contributed by atoms with Crippen molar-refractivity contribution in [3.05, 3.63) is 36.0 Å². The van der Waals surface area contributed by atoms with Crippen molar-refractivity contribution in [2.45, 2.75) is 13.0 Å². The molecule has 2 N–H and O–H groups in total. The topological polar surface area (TPSA) is 65.5 Å². The van der Waals surface area contributed by atoms with Gasteiger partial charge in [0.2, 0.25) is 0 Å². The molecule has 4 heteroatoms. The van der Waals surface area contributed by atoms with E-state index in [1.165, 1.54) is 0 Å². The lowest BCUT2D eigenvalue weighted by Crippen LogP contribution is -2.12. The normalized spacial score (nSPS) is 13.3. The number of para-hydroxylation sites is 1. The molecule has 0 saturated carbocycles. The number of nitrogens with zero attached hydrogens (tertiary/aromatic N) is 1. The Balaban J connectivity index is 2.31. The van der Waals surface area contributed by atoms with Crippen molar-refractivity contribution in [1.82, 2.24) is 4.98 Å². The van der Waals surface area contributed by atoms with Crippen molar-refractivity contribution in [1.29, 1.82) is 0 Å². The van der Waals surface area contributed by atoms with E-state index in [2.05, 4.69) is 9.98 Å². The van der Waals surface area contributed by atoms with Crippen LogP contribution in [-0.2, 0) is 4.79 Å². The molecule has 4 nitrogen and oxygen atoms in total. The minimum atomic E-state index is -0.920. The van der Waals surface area contributed by atoms with E-state index in [9.17, 15) is 4.79 Å². The predicted molar refractivity (Wildman–Crippen MR) is 63.0 cm³/mol. The van der Waals surface area contributed by atoms with E-state index in [0.29, 0.717) is 0 Å². The first-order chi connectivity index (χ1) is 7.68. The number of aromatic nitrogens is 1. The highest BCUT2D eigenvalue weighted by atomic mass is 16.4. The van der Waals surface area contributed by atoms with Crippen LogP contribution in [0.25, 0.3) is 10.9 Å². The van der Waals surface area contributed by atoms with Crippen LogP contribution < -0.4 is 0 Å². The number of H-pyrrole nitrogens is 1. The van der Waals surface area contributed by atoms with Crippen molar-refractivity contribution >= 4 is 23.1 Å². The zero-order valence-electron chi connectivity index (χ0n) is 8.84. The number of carboxylic acid groups (broad SMARTS) is 1. The molecular formula is C12H12N2O2. The highest BCUT2D eigenvalue weighted by Gasteiger charge is 2.07. The summed E-state index contributed by atoms with van der Waals surface area (Å²) in [6, 6.07) is 7.10. The number of aromatic amines is 1. The molecule has 0 fully saturated rings. The zero-order chi connectivity index (χ0) is 11.5. The SMILES string of the molecule is CC(N=Cc1c[nH]c2ccccc12)C(=O)O. The minimum absolute atomic E-state index is 0.714. The summed E-state index contributed by atoms with van der Waals surface area (Å²) < 4.78 is 0. The van der Waals surface area contributed by atoms with E-state index in [-0.39, 0.29) is 0 Å². The van der Waals surface area contributed by atoms with Gasteiger partial charge < -0.3 is 10.1 Å². The predicted octanol–water partition coefficient (Wildman–Crippen LogP) is 2.06. The molecule has 0 saturated heterocycles. The van der Waals surface area contributed by atoms with E-state index in [4.69, 9.17) is 5.11 Å². The third kappa shape index (κ3) is 1.95. The van der Waals surface area contributed by atoms with Crippen molar-refractivity contribution in [3.63, 3.8) is 0 Å². The molecule has 0 aliphatic heterocycles. The Bertz CT molecular complexity index is 543. The second kappa shape index (κ2) is 4.18. The van der Waals surface area contributed by atoms with Crippen LogP contribution in [0.3, 0.4) is 0 Å². The summed E-state index contributed by atoms with van der Waals surface area (Å²) in [5.74, 6) is -0.920. The van der Waals surface area contributed by atoms with Crippen LogP contribution in [0, 0.1) is 0 Å². The third-order valence-corrected chi connectivity index (χ3v) is 2.42. The average Bonchev–Trinajstić information content (AvgIpc) is 2.69. The quantitative estimate of drug-likeness (QED) is 0.771. The van der Waals surface area contributed by atoms with Crippen molar-refractivity contribution < 1.29 is 9.90 Å².